The van der Waals surface area contributed by atoms with Gasteiger partial charge in [-0.1, -0.05) is 6.07 Å². The van der Waals surface area contributed by atoms with Gasteiger partial charge in [0.25, 0.3) is 0 Å². The minimum absolute atomic E-state index is 0.586. The van der Waals surface area contributed by atoms with Crippen LogP contribution in [0.2, 0.25) is 0 Å². The summed E-state index contributed by atoms with van der Waals surface area (Å²) in [6.07, 6.45) is 0. The maximum absolute atomic E-state index is 5.50. The fraction of sp³-hybridized carbons (Fsp3) is 0.368. The summed E-state index contributed by atoms with van der Waals surface area (Å²) in [4.78, 5) is 0. The van der Waals surface area contributed by atoms with Gasteiger partial charge in [-0.3, -0.25) is 0 Å². The van der Waals surface area contributed by atoms with Crippen molar-refractivity contribution in [3.8, 4) is 28.7 Å². The molecule has 2 aromatic rings. The highest BCUT2D eigenvalue weighted by Crippen LogP contribution is 2.39. The van der Waals surface area contributed by atoms with Crippen LogP contribution in [0.3, 0.4) is 0 Å². The van der Waals surface area contributed by atoms with E-state index in [1.807, 2.05) is 30.3 Å². The molecule has 0 bridgehead atoms. The van der Waals surface area contributed by atoms with Crippen molar-refractivity contribution in [1.29, 1.82) is 0 Å². The highest BCUT2D eigenvalue weighted by Gasteiger charge is 2.15. The first kappa shape index (κ1) is 18.7. The number of hydrogen-bond acceptors (Lipinski definition) is 6. The molecule has 0 radical (unpaired) electrons. The summed E-state index contributed by atoms with van der Waals surface area (Å²) in [5, 5.41) is 3.40. The Labute approximate surface area is 148 Å². The SMILES string of the molecule is COc1ccc(OC)c(CNCc2ccc(OC)c(OC)c2OC)c1. The highest BCUT2D eigenvalue weighted by molar-refractivity contribution is 5.55. The van der Waals surface area contributed by atoms with Gasteiger partial charge >= 0.3 is 0 Å². The Morgan fingerprint density at radius 2 is 1.28 bits per heavy atom. The molecule has 0 aliphatic carbocycles. The lowest BCUT2D eigenvalue weighted by molar-refractivity contribution is 0.321. The van der Waals surface area contributed by atoms with E-state index in [1.165, 1.54) is 0 Å². The van der Waals surface area contributed by atoms with Crippen LogP contribution < -0.4 is 29.0 Å². The molecule has 6 nitrogen and oxygen atoms in total. The zero-order valence-corrected chi connectivity index (χ0v) is 15.3. The van der Waals surface area contributed by atoms with E-state index in [2.05, 4.69) is 5.32 Å². The molecule has 0 amide bonds. The van der Waals surface area contributed by atoms with E-state index in [0.717, 1.165) is 22.6 Å². The molecule has 1 N–H and O–H groups in total. The molecule has 0 aliphatic heterocycles. The molecule has 6 heteroatoms. The van der Waals surface area contributed by atoms with Crippen molar-refractivity contribution in [2.45, 2.75) is 13.1 Å². The van der Waals surface area contributed by atoms with Gasteiger partial charge in [0.15, 0.2) is 11.5 Å². The van der Waals surface area contributed by atoms with Crippen molar-refractivity contribution in [1.82, 2.24) is 5.32 Å². The second kappa shape index (κ2) is 9.03. The predicted molar refractivity (Wildman–Crippen MR) is 96.2 cm³/mol. The molecule has 0 aromatic heterocycles. The molecule has 0 saturated heterocycles. The molecule has 0 atom stereocenters. The molecule has 0 heterocycles. The quantitative estimate of drug-likeness (QED) is 0.752. The van der Waals surface area contributed by atoms with Crippen molar-refractivity contribution in [2.24, 2.45) is 0 Å². The van der Waals surface area contributed by atoms with Crippen LogP contribution in [-0.4, -0.2) is 35.5 Å². The number of nitrogens with one attached hydrogen (secondary N) is 1. The summed E-state index contributed by atoms with van der Waals surface area (Å²) in [7, 11) is 8.12. The molecular weight excluding hydrogens is 322 g/mol. The first-order chi connectivity index (χ1) is 12.2. The molecule has 136 valence electrons. The second-order valence-corrected chi connectivity index (χ2v) is 5.27. The summed E-state index contributed by atoms with van der Waals surface area (Å²) >= 11 is 0. The van der Waals surface area contributed by atoms with Gasteiger partial charge in [0.1, 0.15) is 11.5 Å². The number of benzene rings is 2. The average molecular weight is 347 g/mol. The summed E-state index contributed by atoms with van der Waals surface area (Å²) in [6, 6.07) is 9.55. The van der Waals surface area contributed by atoms with E-state index in [9.17, 15) is 0 Å². The normalized spacial score (nSPS) is 10.3. The molecule has 0 unspecified atom stereocenters. The van der Waals surface area contributed by atoms with E-state index < -0.39 is 0 Å². The summed E-state index contributed by atoms with van der Waals surface area (Å²) in [5.41, 5.74) is 1.99. The first-order valence-corrected chi connectivity index (χ1v) is 7.87. The van der Waals surface area contributed by atoms with Crippen molar-refractivity contribution in [2.75, 3.05) is 35.5 Å². The maximum atomic E-state index is 5.50. The number of methoxy groups -OCH3 is 5. The van der Waals surface area contributed by atoms with Gasteiger partial charge in [-0.15, -0.1) is 0 Å². The molecule has 0 saturated carbocycles. The lowest BCUT2D eigenvalue weighted by atomic mass is 10.1. The highest BCUT2D eigenvalue weighted by atomic mass is 16.5. The monoisotopic (exact) mass is 347 g/mol. The van der Waals surface area contributed by atoms with Gasteiger partial charge in [0.05, 0.1) is 35.5 Å². The lowest BCUT2D eigenvalue weighted by Crippen LogP contribution is -2.14. The van der Waals surface area contributed by atoms with Gasteiger partial charge < -0.3 is 29.0 Å². The van der Waals surface area contributed by atoms with Gasteiger partial charge in [0, 0.05) is 24.2 Å². The smallest absolute Gasteiger partial charge is 0.203 e. The maximum Gasteiger partial charge on any atom is 0.203 e. The fourth-order valence-electron chi connectivity index (χ4n) is 2.65. The predicted octanol–water partition coefficient (Wildman–Crippen LogP) is 3.02. The Balaban J connectivity index is 2.14. The lowest BCUT2D eigenvalue weighted by Gasteiger charge is -2.16. The zero-order chi connectivity index (χ0) is 18.2. The summed E-state index contributed by atoms with van der Waals surface area (Å²) < 4.78 is 26.9. The molecule has 0 spiro atoms. The molecule has 0 aliphatic rings. The van der Waals surface area contributed by atoms with Gasteiger partial charge in [-0.05, 0) is 24.3 Å². The average Bonchev–Trinajstić information content (AvgIpc) is 2.66. The van der Waals surface area contributed by atoms with Crippen molar-refractivity contribution in [3.05, 3.63) is 41.5 Å². The molecule has 0 fully saturated rings. The van der Waals surface area contributed by atoms with Gasteiger partial charge in [-0.25, -0.2) is 0 Å². The fourth-order valence-corrected chi connectivity index (χ4v) is 2.65. The van der Waals surface area contributed by atoms with Crippen LogP contribution >= 0.6 is 0 Å². The van der Waals surface area contributed by atoms with Crippen molar-refractivity contribution >= 4 is 0 Å². The van der Waals surface area contributed by atoms with Crippen LogP contribution in [0, 0.1) is 0 Å². The number of hydrogen-bond donors (Lipinski definition) is 1. The van der Waals surface area contributed by atoms with Crippen LogP contribution in [-0.2, 0) is 13.1 Å². The molecule has 25 heavy (non-hydrogen) atoms. The van der Waals surface area contributed by atoms with Gasteiger partial charge in [-0.2, -0.15) is 0 Å². The molecular formula is C19H25NO5. The van der Waals surface area contributed by atoms with Crippen LogP contribution in [0.15, 0.2) is 30.3 Å². The Kier molecular flexibility index (Phi) is 6.77. The topological polar surface area (TPSA) is 58.2 Å². The Morgan fingerprint density at radius 3 is 1.88 bits per heavy atom. The summed E-state index contributed by atoms with van der Waals surface area (Å²) in [5.74, 6) is 3.49. The van der Waals surface area contributed by atoms with E-state index in [0.29, 0.717) is 30.3 Å². The third-order valence-corrected chi connectivity index (χ3v) is 3.90. The van der Waals surface area contributed by atoms with Crippen LogP contribution in [0.5, 0.6) is 28.7 Å². The minimum atomic E-state index is 0.586. The van der Waals surface area contributed by atoms with E-state index in [1.54, 1.807) is 35.5 Å². The van der Waals surface area contributed by atoms with Crippen LogP contribution in [0.4, 0.5) is 0 Å². The van der Waals surface area contributed by atoms with Crippen LogP contribution in [0.25, 0.3) is 0 Å². The van der Waals surface area contributed by atoms with Gasteiger partial charge in [0.2, 0.25) is 5.75 Å². The molecule has 2 aromatic carbocycles. The standard InChI is InChI=1S/C19H25NO5/c1-21-15-7-9-16(22-2)14(10-15)12-20-11-13-6-8-17(23-3)19(25-5)18(13)24-4/h6-10,20H,11-12H2,1-5H3. The van der Waals surface area contributed by atoms with Crippen molar-refractivity contribution < 1.29 is 23.7 Å². The summed E-state index contributed by atoms with van der Waals surface area (Å²) in [6.45, 7) is 1.22. The largest absolute Gasteiger partial charge is 0.497 e. The third kappa shape index (κ3) is 4.28. The first-order valence-electron chi connectivity index (χ1n) is 7.87. The number of rotatable bonds is 9. The van der Waals surface area contributed by atoms with E-state index in [-0.39, 0.29) is 0 Å². The second-order valence-electron chi connectivity index (χ2n) is 5.27. The van der Waals surface area contributed by atoms with Crippen molar-refractivity contribution in [3.63, 3.8) is 0 Å². The Morgan fingerprint density at radius 1 is 0.640 bits per heavy atom. The minimum Gasteiger partial charge on any atom is -0.497 e. The van der Waals surface area contributed by atoms with E-state index in [4.69, 9.17) is 23.7 Å². The third-order valence-electron chi connectivity index (χ3n) is 3.90. The Bertz CT molecular complexity index is 702. The molecule has 2 rings (SSSR count). The van der Waals surface area contributed by atoms with E-state index >= 15 is 0 Å². The zero-order valence-electron chi connectivity index (χ0n) is 15.3. The number of ether oxygens (including phenoxy) is 5. The Hall–Kier alpha value is -2.60. The van der Waals surface area contributed by atoms with Crippen LogP contribution in [0.1, 0.15) is 11.1 Å².